The number of primary amides is 1. The lowest BCUT2D eigenvalue weighted by atomic mass is 9.95. The van der Waals surface area contributed by atoms with E-state index >= 15 is 0 Å². The summed E-state index contributed by atoms with van der Waals surface area (Å²) in [5.74, 6) is -1.96. The maximum absolute atomic E-state index is 14.0. The Morgan fingerprint density at radius 3 is 2.18 bits per heavy atom. The maximum atomic E-state index is 14.0. The number of anilines is 1. The molecule has 2 rings (SSSR count). The lowest BCUT2D eigenvalue weighted by Gasteiger charge is -2.37. The number of para-hydroxylation sites is 1. The lowest BCUT2D eigenvalue weighted by Crippen LogP contribution is -2.55. The number of rotatable bonds is 9. The topological polar surface area (TPSA) is 131 Å². The Hall–Kier alpha value is -3.59. The number of nitrogens with two attached hydrogens (primary N) is 1. The van der Waals surface area contributed by atoms with Crippen LogP contribution < -0.4 is 16.4 Å². The monoisotopic (exact) mass is 558 g/mol. The highest BCUT2D eigenvalue weighted by Crippen LogP contribution is 2.32. The van der Waals surface area contributed by atoms with Crippen LogP contribution >= 0.6 is 11.6 Å². The van der Waals surface area contributed by atoms with Gasteiger partial charge in [-0.15, -0.1) is 0 Å². The van der Waals surface area contributed by atoms with Gasteiger partial charge in [0.05, 0.1) is 17.1 Å². The van der Waals surface area contributed by atoms with Gasteiger partial charge in [0.2, 0.25) is 11.8 Å². The fraction of sp³-hybridized carbons (Fsp3) is 0.448. The summed E-state index contributed by atoms with van der Waals surface area (Å²) in [4.78, 5) is 53.9. The highest BCUT2D eigenvalue weighted by molar-refractivity contribution is 6.34. The molecule has 2 aromatic carbocycles. The first-order valence-corrected chi connectivity index (χ1v) is 13.1. The molecular weight excluding hydrogens is 520 g/mol. The van der Waals surface area contributed by atoms with Crippen molar-refractivity contribution in [1.82, 2.24) is 10.2 Å². The Morgan fingerprint density at radius 1 is 1.03 bits per heavy atom. The van der Waals surface area contributed by atoms with E-state index in [0.717, 1.165) is 16.7 Å². The van der Waals surface area contributed by atoms with Gasteiger partial charge in [0, 0.05) is 6.04 Å². The largest absolute Gasteiger partial charge is 0.444 e. The molecule has 0 saturated heterocycles. The Bertz CT molecular complexity index is 1220. The van der Waals surface area contributed by atoms with Crippen molar-refractivity contribution in [1.29, 1.82) is 0 Å². The number of amides is 4. The zero-order valence-electron chi connectivity index (χ0n) is 23.8. The fourth-order valence-electron chi connectivity index (χ4n) is 4.24. The summed E-state index contributed by atoms with van der Waals surface area (Å²) in [6.07, 6.45) is -1.36. The Balaban J connectivity index is 2.62. The summed E-state index contributed by atoms with van der Waals surface area (Å²) in [5, 5.41) is 5.71. The van der Waals surface area contributed by atoms with Crippen molar-refractivity contribution in [2.75, 3.05) is 5.32 Å². The molecule has 0 heterocycles. The number of ether oxygens (including phenoxy) is 1. The highest BCUT2D eigenvalue weighted by atomic mass is 35.5. The second kappa shape index (κ2) is 13.0. The number of halogens is 1. The third kappa shape index (κ3) is 8.71. The smallest absolute Gasteiger partial charge is 0.408 e. The normalized spacial score (nSPS) is 12.9. The first-order chi connectivity index (χ1) is 18.0. The Kier molecular flexibility index (Phi) is 10.5. The summed E-state index contributed by atoms with van der Waals surface area (Å²) in [6.45, 7) is 14.1. The summed E-state index contributed by atoms with van der Waals surface area (Å²) < 4.78 is 5.30. The minimum absolute atomic E-state index is 0.350. The number of hydrogen-bond acceptors (Lipinski definition) is 5. The van der Waals surface area contributed by atoms with Gasteiger partial charge in [-0.2, -0.15) is 0 Å². The molecule has 10 heteroatoms. The molecule has 2 unspecified atom stereocenters. The van der Waals surface area contributed by atoms with Crippen molar-refractivity contribution in [3.63, 3.8) is 0 Å². The summed E-state index contributed by atoms with van der Waals surface area (Å²) >= 11 is 6.39. The zero-order chi connectivity index (χ0) is 29.7. The van der Waals surface area contributed by atoms with Crippen LogP contribution in [0.15, 0.2) is 36.4 Å². The van der Waals surface area contributed by atoms with Crippen LogP contribution in [-0.4, -0.2) is 46.4 Å². The van der Waals surface area contributed by atoms with Crippen molar-refractivity contribution < 1.29 is 23.9 Å². The van der Waals surface area contributed by atoms with E-state index in [4.69, 9.17) is 22.1 Å². The van der Waals surface area contributed by atoms with Crippen LogP contribution in [0.1, 0.15) is 69.3 Å². The minimum atomic E-state index is -1.36. The second-order valence-electron chi connectivity index (χ2n) is 10.9. The molecule has 9 nitrogen and oxygen atoms in total. The van der Waals surface area contributed by atoms with Crippen LogP contribution in [0.2, 0.25) is 5.02 Å². The minimum Gasteiger partial charge on any atom is -0.444 e. The van der Waals surface area contributed by atoms with Crippen molar-refractivity contribution in [2.24, 2.45) is 5.73 Å². The van der Waals surface area contributed by atoms with Gasteiger partial charge in [0.1, 0.15) is 17.7 Å². The van der Waals surface area contributed by atoms with Gasteiger partial charge in [-0.1, -0.05) is 47.5 Å². The van der Waals surface area contributed by atoms with Crippen molar-refractivity contribution in [3.8, 4) is 0 Å². The number of carbonyl (C=O) groups excluding carboxylic acids is 4. The molecular formula is C29H39ClN4O5. The standard InChI is InChI=1S/C29H39ClN4O5/c1-16(2)34(27(37)22(15-23(31)35)32-28(38)39-29(6,7)8)25(20-13-12-17(3)14-19(20)5)26(36)33-24-18(4)10-9-11-21(24)30/h9-14,16,22,25H,15H2,1-8H3,(H2,31,35)(H,32,38)(H,33,36). The molecule has 212 valence electrons. The predicted molar refractivity (Wildman–Crippen MR) is 152 cm³/mol. The first kappa shape index (κ1) is 31.6. The van der Waals surface area contributed by atoms with Crippen molar-refractivity contribution in [3.05, 3.63) is 63.7 Å². The fourth-order valence-corrected chi connectivity index (χ4v) is 4.51. The molecule has 0 fully saturated rings. The molecule has 2 aromatic rings. The number of aryl methyl sites for hydroxylation is 3. The third-order valence-electron chi connectivity index (χ3n) is 5.92. The van der Waals surface area contributed by atoms with Crippen LogP contribution in [-0.2, 0) is 19.1 Å². The van der Waals surface area contributed by atoms with E-state index in [1.807, 2.05) is 39.0 Å². The number of benzene rings is 2. The number of hydrogen-bond donors (Lipinski definition) is 3. The van der Waals surface area contributed by atoms with Gasteiger partial charge in [0.25, 0.3) is 5.91 Å². The summed E-state index contributed by atoms with van der Waals surface area (Å²) in [5.41, 5.74) is 8.13. The van der Waals surface area contributed by atoms with E-state index in [1.54, 1.807) is 52.8 Å². The van der Waals surface area contributed by atoms with Crippen LogP contribution in [0.25, 0.3) is 0 Å². The SMILES string of the molecule is Cc1ccc(C(C(=O)Nc2c(C)cccc2Cl)N(C(=O)C(CC(N)=O)NC(=O)OC(C)(C)C)C(C)C)c(C)c1. The van der Waals surface area contributed by atoms with Gasteiger partial charge in [-0.25, -0.2) is 4.79 Å². The molecule has 4 N–H and O–H groups in total. The molecule has 0 aliphatic carbocycles. The number of nitrogens with zero attached hydrogens (tertiary/aromatic N) is 1. The summed E-state index contributed by atoms with van der Waals surface area (Å²) in [6, 6.07) is 7.81. The summed E-state index contributed by atoms with van der Waals surface area (Å²) in [7, 11) is 0. The molecule has 0 radical (unpaired) electrons. The molecule has 0 aromatic heterocycles. The van der Waals surface area contributed by atoms with E-state index in [0.29, 0.717) is 16.3 Å². The van der Waals surface area contributed by atoms with Gasteiger partial charge in [-0.05, 0) is 78.1 Å². The Morgan fingerprint density at radius 2 is 1.67 bits per heavy atom. The molecule has 0 aliphatic rings. The molecule has 0 spiro atoms. The molecule has 0 aliphatic heterocycles. The third-order valence-corrected chi connectivity index (χ3v) is 6.24. The van der Waals surface area contributed by atoms with Gasteiger partial charge < -0.3 is 26.0 Å². The number of alkyl carbamates (subject to hydrolysis) is 1. The molecule has 2 atom stereocenters. The molecule has 0 saturated carbocycles. The quantitative estimate of drug-likeness (QED) is 0.401. The average Bonchev–Trinajstić information content (AvgIpc) is 2.77. The van der Waals surface area contributed by atoms with Crippen molar-refractivity contribution >= 4 is 41.1 Å². The second-order valence-corrected chi connectivity index (χ2v) is 11.3. The van der Waals surface area contributed by atoms with E-state index in [-0.39, 0.29) is 0 Å². The first-order valence-electron chi connectivity index (χ1n) is 12.7. The number of carbonyl (C=O) groups is 4. The van der Waals surface area contributed by atoms with Gasteiger partial charge >= 0.3 is 6.09 Å². The average molecular weight is 559 g/mol. The zero-order valence-corrected chi connectivity index (χ0v) is 24.6. The highest BCUT2D eigenvalue weighted by Gasteiger charge is 2.39. The Labute approximate surface area is 235 Å². The van der Waals surface area contributed by atoms with Gasteiger partial charge in [-0.3, -0.25) is 14.4 Å². The van der Waals surface area contributed by atoms with E-state index < -0.39 is 54.0 Å². The maximum Gasteiger partial charge on any atom is 0.408 e. The van der Waals surface area contributed by atoms with Gasteiger partial charge in [0.15, 0.2) is 0 Å². The molecule has 4 amide bonds. The van der Waals surface area contributed by atoms with E-state index in [9.17, 15) is 19.2 Å². The van der Waals surface area contributed by atoms with E-state index in [2.05, 4.69) is 10.6 Å². The van der Waals surface area contributed by atoms with Crippen LogP contribution in [0.3, 0.4) is 0 Å². The van der Waals surface area contributed by atoms with Crippen molar-refractivity contribution in [2.45, 2.75) is 85.5 Å². The van der Waals surface area contributed by atoms with E-state index in [1.165, 1.54) is 4.90 Å². The van der Waals surface area contributed by atoms with Crippen LogP contribution in [0.5, 0.6) is 0 Å². The molecule has 39 heavy (non-hydrogen) atoms. The predicted octanol–water partition coefficient (Wildman–Crippen LogP) is 4.95. The lowest BCUT2D eigenvalue weighted by molar-refractivity contribution is -0.143. The van der Waals surface area contributed by atoms with Crippen LogP contribution in [0.4, 0.5) is 10.5 Å². The molecule has 0 bridgehead atoms. The van der Waals surface area contributed by atoms with Crippen LogP contribution in [0, 0.1) is 20.8 Å². The number of nitrogens with one attached hydrogen (secondary N) is 2.